The zero-order valence-corrected chi connectivity index (χ0v) is 9.92. The SMILES string of the molecule is O=C(O)Cn1nc(C(F)(F)F)c2c1C1CC1CC2(F)F. The van der Waals surface area contributed by atoms with Crippen molar-refractivity contribution < 1.29 is 31.9 Å². The van der Waals surface area contributed by atoms with E-state index in [1.54, 1.807) is 0 Å². The molecule has 20 heavy (non-hydrogen) atoms. The van der Waals surface area contributed by atoms with Crippen LogP contribution in [0, 0.1) is 5.92 Å². The Labute approximate surface area is 109 Å². The summed E-state index contributed by atoms with van der Waals surface area (Å²) in [6, 6.07) is 0. The highest BCUT2D eigenvalue weighted by Gasteiger charge is 2.59. The molecule has 110 valence electrons. The van der Waals surface area contributed by atoms with Gasteiger partial charge in [0.1, 0.15) is 6.54 Å². The molecule has 9 heteroatoms. The van der Waals surface area contributed by atoms with Crippen LogP contribution in [0.15, 0.2) is 0 Å². The number of hydrogen-bond donors (Lipinski definition) is 1. The summed E-state index contributed by atoms with van der Waals surface area (Å²) < 4.78 is 67.0. The van der Waals surface area contributed by atoms with Crippen LogP contribution in [-0.2, 0) is 23.4 Å². The second-order valence-electron chi connectivity index (χ2n) is 5.17. The van der Waals surface area contributed by atoms with Crippen molar-refractivity contribution in [1.82, 2.24) is 9.78 Å². The molecule has 4 nitrogen and oxygen atoms in total. The Morgan fingerprint density at radius 2 is 2.10 bits per heavy atom. The van der Waals surface area contributed by atoms with Crippen LogP contribution in [0.5, 0.6) is 0 Å². The van der Waals surface area contributed by atoms with Gasteiger partial charge >= 0.3 is 12.1 Å². The third-order valence-corrected chi connectivity index (χ3v) is 3.70. The van der Waals surface area contributed by atoms with Crippen molar-refractivity contribution in [1.29, 1.82) is 0 Å². The molecule has 0 radical (unpaired) electrons. The Morgan fingerprint density at radius 1 is 1.45 bits per heavy atom. The van der Waals surface area contributed by atoms with Crippen LogP contribution in [0.4, 0.5) is 22.0 Å². The normalized spacial score (nSPS) is 26.9. The van der Waals surface area contributed by atoms with Crippen molar-refractivity contribution in [2.45, 2.75) is 37.4 Å². The highest BCUT2D eigenvalue weighted by Crippen LogP contribution is 2.62. The molecule has 1 heterocycles. The first kappa shape index (κ1) is 13.3. The molecule has 1 N–H and O–H groups in total. The van der Waals surface area contributed by atoms with E-state index in [1.807, 2.05) is 0 Å². The summed E-state index contributed by atoms with van der Waals surface area (Å²) in [5.41, 5.74) is -3.06. The number of hydrogen-bond acceptors (Lipinski definition) is 2. The van der Waals surface area contributed by atoms with Gasteiger partial charge in [-0.3, -0.25) is 9.48 Å². The van der Waals surface area contributed by atoms with E-state index < -0.39 is 48.2 Å². The first-order valence-corrected chi connectivity index (χ1v) is 5.89. The number of carboxylic acid groups (broad SMARTS) is 1. The molecular weight excluding hydrogens is 287 g/mol. The topological polar surface area (TPSA) is 55.1 Å². The molecule has 0 spiro atoms. The number of rotatable bonds is 2. The largest absolute Gasteiger partial charge is 0.480 e. The molecule has 0 saturated heterocycles. The first-order valence-electron chi connectivity index (χ1n) is 5.89. The Bertz CT molecular complexity index is 592. The highest BCUT2D eigenvalue weighted by molar-refractivity contribution is 5.66. The number of fused-ring (bicyclic) bond motifs is 3. The van der Waals surface area contributed by atoms with Crippen LogP contribution in [0.1, 0.15) is 35.7 Å². The fraction of sp³-hybridized carbons (Fsp3) is 0.636. The Hall–Kier alpha value is -1.67. The highest BCUT2D eigenvalue weighted by atomic mass is 19.4. The molecule has 3 rings (SSSR count). The van der Waals surface area contributed by atoms with Crippen LogP contribution >= 0.6 is 0 Å². The summed E-state index contributed by atoms with van der Waals surface area (Å²) in [4.78, 5) is 10.7. The van der Waals surface area contributed by atoms with E-state index in [9.17, 15) is 26.7 Å². The van der Waals surface area contributed by atoms with Crippen molar-refractivity contribution in [2.24, 2.45) is 5.92 Å². The second kappa shape index (κ2) is 3.70. The number of aromatic nitrogens is 2. The molecule has 1 aromatic rings. The second-order valence-corrected chi connectivity index (χ2v) is 5.17. The Kier molecular flexibility index (Phi) is 2.47. The van der Waals surface area contributed by atoms with E-state index in [2.05, 4.69) is 5.10 Å². The van der Waals surface area contributed by atoms with Crippen LogP contribution < -0.4 is 0 Å². The third kappa shape index (κ3) is 1.87. The van der Waals surface area contributed by atoms with Gasteiger partial charge in [-0.15, -0.1) is 0 Å². The van der Waals surface area contributed by atoms with Gasteiger partial charge in [0, 0.05) is 12.3 Å². The summed E-state index contributed by atoms with van der Waals surface area (Å²) >= 11 is 0. The lowest BCUT2D eigenvalue weighted by atomic mass is 9.92. The molecule has 1 fully saturated rings. The van der Waals surface area contributed by atoms with E-state index in [0.717, 1.165) is 0 Å². The van der Waals surface area contributed by atoms with E-state index in [1.165, 1.54) is 0 Å². The van der Waals surface area contributed by atoms with Crippen molar-refractivity contribution >= 4 is 5.97 Å². The minimum atomic E-state index is -5.03. The maximum absolute atomic E-state index is 13.9. The number of carboxylic acids is 1. The molecule has 2 aliphatic rings. The summed E-state index contributed by atoms with van der Waals surface area (Å²) in [5.74, 6) is -5.86. The quantitative estimate of drug-likeness (QED) is 0.853. The molecular formula is C11H9F5N2O2. The van der Waals surface area contributed by atoms with Crippen LogP contribution in [0.3, 0.4) is 0 Å². The monoisotopic (exact) mass is 296 g/mol. The fourth-order valence-electron chi connectivity index (χ4n) is 2.90. The molecule has 0 amide bonds. The molecule has 2 aliphatic carbocycles. The lowest BCUT2D eigenvalue weighted by Gasteiger charge is -2.23. The lowest BCUT2D eigenvalue weighted by molar-refractivity contribution is -0.147. The fourth-order valence-corrected chi connectivity index (χ4v) is 2.90. The number of halogens is 5. The van der Waals surface area contributed by atoms with E-state index >= 15 is 0 Å². The molecule has 0 aromatic carbocycles. The van der Waals surface area contributed by atoms with Crippen LogP contribution in [0.25, 0.3) is 0 Å². The Morgan fingerprint density at radius 3 is 2.65 bits per heavy atom. The van der Waals surface area contributed by atoms with Crippen molar-refractivity contribution in [3.05, 3.63) is 17.0 Å². The zero-order valence-electron chi connectivity index (χ0n) is 9.92. The van der Waals surface area contributed by atoms with Gasteiger partial charge in [-0.05, 0) is 12.3 Å². The molecule has 1 aromatic heterocycles. The summed E-state index contributed by atoms with van der Waals surface area (Å²) in [5, 5.41) is 11.8. The number of nitrogens with zero attached hydrogens (tertiary/aromatic N) is 2. The van der Waals surface area contributed by atoms with E-state index in [4.69, 9.17) is 5.11 Å². The zero-order chi connectivity index (χ0) is 14.9. The van der Waals surface area contributed by atoms with E-state index in [0.29, 0.717) is 11.1 Å². The van der Waals surface area contributed by atoms with Crippen molar-refractivity contribution in [2.75, 3.05) is 0 Å². The van der Waals surface area contributed by atoms with Gasteiger partial charge in [-0.2, -0.15) is 18.3 Å². The summed E-state index contributed by atoms with van der Waals surface area (Å²) in [6.07, 6.45) is -5.31. The van der Waals surface area contributed by atoms with Gasteiger partial charge in [0.25, 0.3) is 5.92 Å². The van der Waals surface area contributed by atoms with Crippen LogP contribution in [0.2, 0.25) is 0 Å². The summed E-state index contributed by atoms with van der Waals surface area (Å²) in [6.45, 7) is -0.849. The number of carbonyl (C=O) groups is 1. The van der Waals surface area contributed by atoms with Gasteiger partial charge < -0.3 is 5.11 Å². The third-order valence-electron chi connectivity index (χ3n) is 3.70. The smallest absolute Gasteiger partial charge is 0.435 e. The lowest BCUT2D eigenvalue weighted by Crippen LogP contribution is -2.25. The van der Waals surface area contributed by atoms with Gasteiger partial charge in [-0.25, -0.2) is 8.78 Å². The maximum Gasteiger partial charge on any atom is 0.435 e. The van der Waals surface area contributed by atoms with Crippen LogP contribution in [-0.4, -0.2) is 20.9 Å². The number of alkyl halides is 5. The predicted molar refractivity (Wildman–Crippen MR) is 54.2 cm³/mol. The average molecular weight is 296 g/mol. The maximum atomic E-state index is 13.9. The molecule has 2 unspecified atom stereocenters. The molecule has 0 bridgehead atoms. The minimum Gasteiger partial charge on any atom is -0.480 e. The van der Waals surface area contributed by atoms with Gasteiger partial charge in [0.15, 0.2) is 5.69 Å². The van der Waals surface area contributed by atoms with Gasteiger partial charge in [0.2, 0.25) is 0 Å². The average Bonchev–Trinajstić information content (AvgIpc) is 2.86. The standard InChI is InChI=1S/C11H9F5N2O2/c12-10(13)2-4-1-5(4)8-7(10)9(11(14,15)16)17-18(8)3-6(19)20/h4-5H,1-3H2,(H,19,20). The molecule has 0 aliphatic heterocycles. The van der Waals surface area contributed by atoms with Crippen molar-refractivity contribution in [3.8, 4) is 0 Å². The summed E-state index contributed by atoms with van der Waals surface area (Å²) in [7, 11) is 0. The Balaban J connectivity index is 2.21. The first-order chi connectivity index (χ1) is 9.11. The number of aliphatic carboxylic acids is 1. The van der Waals surface area contributed by atoms with E-state index in [-0.39, 0.29) is 11.6 Å². The van der Waals surface area contributed by atoms with Gasteiger partial charge in [0.05, 0.1) is 11.3 Å². The van der Waals surface area contributed by atoms with Crippen molar-refractivity contribution in [3.63, 3.8) is 0 Å². The predicted octanol–water partition coefficient (Wildman–Crippen LogP) is 2.59. The molecule has 2 atom stereocenters. The molecule has 1 saturated carbocycles. The van der Waals surface area contributed by atoms with Gasteiger partial charge in [-0.1, -0.05) is 0 Å². The minimum absolute atomic E-state index is 0.263.